The van der Waals surface area contributed by atoms with Crippen LogP contribution < -0.4 is 0 Å². The van der Waals surface area contributed by atoms with E-state index in [9.17, 15) is 4.79 Å². The quantitative estimate of drug-likeness (QED) is 0.638. The van der Waals surface area contributed by atoms with Gasteiger partial charge in [-0.25, -0.2) is 4.79 Å². The number of carbonyl (C=O) groups is 1. The maximum Gasteiger partial charge on any atom is 0.337 e. The molecule has 0 aliphatic heterocycles. The highest BCUT2D eigenvalue weighted by atomic mass is 16.5. The molecular formula is C12H9O2. The lowest BCUT2D eigenvalue weighted by Crippen LogP contribution is -2.00. The minimum absolute atomic E-state index is 0.327. The van der Waals surface area contributed by atoms with Crippen molar-refractivity contribution >= 4 is 16.7 Å². The van der Waals surface area contributed by atoms with Crippen LogP contribution in [0.1, 0.15) is 10.4 Å². The summed E-state index contributed by atoms with van der Waals surface area (Å²) in [6, 6.07) is 14.3. The Kier molecular flexibility index (Phi) is 2.19. The van der Waals surface area contributed by atoms with E-state index in [0.717, 1.165) is 10.8 Å². The molecule has 0 atom stereocenters. The fourth-order valence-electron chi connectivity index (χ4n) is 1.35. The molecule has 2 heteroatoms. The van der Waals surface area contributed by atoms with Crippen molar-refractivity contribution in [3.63, 3.8) is 0 Å². The number of rotatable bonds is 1. The Hall–Kier alpha value is -1.83. The van der Waals surface area contributed by atoms with E-state index in [-0.39, 0.29) is 5.97 Å². The summed E-state index contributed by atoms with van der Waals surface area (Å²) in [4.78, 5) is 11.2. The van der Waals surface area contributed by atoms with Crippen molar-refractivity contribution in [2.75, 3.05) is 7.11 Å². The highest BCUT2D eigenvalue weighted by Crippen LogP contribution is 2.15. The third-order valence-electron chi connectivity index (χ3n) is 2.08. The second-order valence-electron chi connectivity index (χ2n) is 2.97. The van der Waals surface area contributed by atoms with Crippen molar-refractivity contribution < 1.29 is 9.53 Å². The van der Waals surface area contributed by atoms with E-state index in [0.29, 0.717) is 5.56 Å². The topological polar surface area (TPSA) is 26.3 Å². The molecule has 0 unspecified atom stereocenters. The van der Waals surface area contributed by atoms with Crippen LogP contribution in [0.4, 0.5) is 0 Å². The minimum atomic E-state index is -0.327. The van der Waals surface area contributed by atoms with Gasteiger partial charge in [-0.05, 0) is 29.0 Å². The first kappa shape index (κ1) is 8.75. The summed E-state index contributed by atoms with van der Waals surface area (Å²) in [6.45, 7) is 0. The lowest BCUT2D eigenvalue weighted by Gasteiger charge is -2.00. The van der Waals surface area contributed by atoms with Gasteiger partial charge in [0.2, 0.25) is 0 Å². The van der Waals surface area contributed by atoms with Gasteiger partial charge in [0.05, 0.1) is 12.7 Å². The number of hydrogen-bond acceptors (Lipinski definition) is 2. The summed E-state index contributed by atoms with van der Waals surface area (Å²) in [5.41, 5.74) is 0.534. The molecule has 69 valence electrons. The van der Waals surface area contributed by atoms with E-state index >= 15 is 0 Å². The van der Waals surface area contributed by atoms with Gasteiger partial charge in [-0.3, -0.25) is 0 Å². The largest absolute Gasteiger partial charge is 0.465 e. The summed E-state index contributed by atoms with van der Waals surface area (Å²) < 4.78 is 4.63. The number of hydrogen-bond donors (Lipinski definition) is 0. The lowest BCUT2D eigenvalue weighted by atomic mass is 10.1. The van der Waals surface area contributed by atoms with Gasteiger partial charge in [0.25, 0.3) is 0 Å². The summed E-state index contributed by atoms with van der Waals surface area (Å²) in [5.74, 6) is -0.327. The Bertz CT molecular complexity index is 474. The molecule has 0 saturated heterocycles. The molecule has 0 N–H and O–H groups in total. The van der Waals surface area contributed by atoms with Gasteiger partial charge in [-0.15, -0.1) is 0 Å². The van der Waals surface area contributed by atoms with Crippen molar-refractivity contribution in [3.8, 4) is 0 Å². The van der Waals surface area contributed by atoms with Gasteiger partial charge in [0.1, 0.15) is 0 Å². The number of fused-ring (bicyclic) bond motifs is 1. The number of ether oxygens (including phenoxy) is 1. The zero-order valence-electron chi connectivity index (χ0n) is 7.78. The van der Waals surface area contributed by atoms with E-state index in [1.807, 2.05) is 24.3 Å². The Balaban J connectivity index is 2.56. The molecule has 2 nitrogen and oxygen atoms in total. The SMILES string of the molecule is COC(=O)c1c[c]c2ccccc2c1. The molecular weight excluding hydrogens is 176 g/mol. The van der Waals surface area contributed by atoms with Crippen LogP contribution in [-0.4, -0.2) is 13.1 Å². The summed E-state index contributed by atoms with van der Waals surface area (Å²) in [5, 5.41) is 2.00. The molecule has 0 amide bonds. The van der Waals surface area contributed by atoms with E-state index in [1.54, 1.807) is 12.1 Å². The maximum absolute atomic E-state index is 11.2. The number of carbonyl (C=O) groups excluding carboxylic acids is 1. The first-order valence-electron chi connectivity index (χ1n) is 4.30. The normalized spacial score (nSPS) is 10.1. The molecule has 0 aliphatic rings. The number of benzene rings is 2. The van der Waals surface area contributed by atoms with Gasteiger partial charge < -0.3 is 4.74 Å². The molecule has 2 aromatic carbocycles. The minimum Gasteiger partial charge on any atom is -0.465 e. The third kappa shape index (κ3) is 1.46. The van der Waals surface area contributed by atoms with Gasteiger partial charge in [0, 0.05) is 0 Å². The standard InChI is InChI=1S/C12H9O2/c1-14-12(13)11-7-6-9-4-2-3-5-10(9)8-11/h2-5,7-8H,1H3. The molecule has 0 heterocycles. The lowest BCUT2D eigenvalue weighted by molar-refractivity contribution is 0.0601. The van der Waals surface area contributed by atoms with E-state index in [4.69, 9.17) is 0 Å². The molecule has 0 aromatic heterocycles. The fourth-order valence-corrected chi connectivity index (χ4v) is 1.35. The second-order valence-corrected chi connectivity index (χ2v) is 2.97. The Labute approximate surface area is 82.1 Å². The van der Waals surface area contributed by atoms with Crippen molar-refractivity contribution in [3.05, 3.63) is 48.0 Å². The van der Waals surface area contributed by atoms with E-state index < -0.39 is 0 Å². The van der Waals surface area contributed by atoms with Gasteiger partial charge in [-0.2, -0.15) is 0 Å². The molecule has 2 aromatic rings. The highest BCUT2D eigenvalue weighted by Gasteiger charge is 2.04. The van der Waals surface area contributed by atoms with Crippen molar-refractivity contribution in [2.24, 2.45) is 0 Å². The van der Waals surface area contributed by atoms with Crippen LogP contribution in [0.25, 0.3) is 10.8 Å². The molecule has 0 bridgehead atoms. The van der Waals surface area contributed by atoms with Crippen LogP contribution in [0, 0.1) is 6.07 Å². The zero-order chi connectivity index (χ0) is 9.97. The molecule has 0 spiro atoms. The zero-order valence-corrected chi connectivity index (χ0v) is 7.78. The average Bonchev–Trinajstić information content (AvgIpc) is 2.27. The van der Waals surface area contributed by atoms with Crippen molar-refractivity contribution in [2.45, 2.75) is 0 Å². The fraction of sp³-hybridized carbons (Fsp3) is 0.0833. The summed E-state index contributed by atoms with van der Waals surface area (Å²) >= 11 is 0. The Morgan fingerprint density at radius 1 is 1.36 bits per heavy atom. The van der Waals surface area contributed by atoms with Crippen LogP contribution in [0.2, 0.25) is 0 Å². The van der Waals surface area contributed by atoms with Gasteiger partial charge in [0.15, 0.2) is 0 Å². The predicted octanol–water partition coefficient (Wildman–Crippen LogP) is 2.43. The second kappa shape index (κ2) is 3.50. The monoisotopic (exact) mass is 185 g/mol. The molecule has 2 rings (SSSR count). The van der Waals surface area contributed by atoms with Crippen LogP contribution in [0.3, 0.4) is 0 Å². The number of esters is 1. The Morgan fingerprint density at radius 2 is 2.14 bits per heavy atom. The molecule has 0 aliphatic carbocycles. The molecule has 0 fully saturated rings. The summed E-state index contributed by atoms with van der Waals surface area (Å²) in [6.07, 6.45) is 0. The van der Waals surface area contributed by atoms with E-state index in [1.165, 1.54) is 7.11 Å². The summed E-state index contributed by atoms with van der Waals surface area (Å²) in [7, 11) is 1.37. The first-order valence-corrected chi connectivity index (χ1v) is 4.30. The first-order chi connectivity index (χ1) is 6.81. The predicted molar refractivity (Wildman–Crippen MR) is 54.1 cm³/mol. The van der Waals surface area contributed by atoms with Crippen LogP contribution >= 0.6 is 0 Å². The highest BCUT2D eigenvalue weighted by molar-refractivity contribution is 5.95. The Morgan fingerprint density at radius 3 is 2.93 bits per heavy atom. The van der Waals surface area contributed by atoms with Crippen LogP contribution in [-0.2, 0) is 4.74 Å². The van der Waals surface area contributed by atoms with Crippen LogP contribution in [0.5, 0.6) is 0 Å². The maximum atomic E-state index is 11.2. The molecule has 0 saturated carbocycles. The van der Waals surface area contributed by atoms with E-state index in [2.05, 4.69) is 10.8 Å². The molecule has 1 radical (unpaired) electrons. The smallest absolute Gasteiger partial charge is 0.337 e. The average molecular weight is 185 g/mol. The van der Waals surface area contributed by atoms with Crippen LogP contribution in [0.15, 0.2) is 36.4 Å². The van der Waals surface area contributed by atoms with Gasteiger partial charge >= 0.3 is 5.97 Å². The van der Waals surface area contributed by atoms with Crippen molar-refractivity contribution in [1.82, 2.24) is 0 Å². The number of methoxy groups -OCH3 is 1. The van der Waals surface area contributed by atoms with Crippen molar-refractivity contribution in [1.29, 1.82) is 0 Å². The third-order valence-corrected chi connectivity index (χ3v) is 2.08. The molecule has 14 heavy (non-hydrogen) atoms. The van der Waals surface area contributed by atoms with Gasteiger partial charge in [-0.1, -0.05) is 24.3 Å².